The van der Waals surface area contributed by atoms with Gasteiger partial charge in [0, 0.05) is 0 Å². The predicted octanol–water partition coefficient (Wildman–Crippen LogP) is 0.297. The number of aliphatic carboxylic acids is 2. The van der Waals surface area contributed by atoms with Crippen molar-refractivity contribution < 1.29 is 24.5 Å². The Morgan fingerprint density at radius 1 is 1.00 bits per heavy atom. The molecule has 7 rings (SSSR count). The first-order chi connectivity index (χ1) is 9.09. The molecule has 0 aromatic heterocycles. The predicted molar refractivity (Wildman–Crippen MR) is 58.9 cm³/mol. The first-order valence-corrected chi connectivity index (χ1v) is 7.22. The first kappa shape index (κ1) is 9.75. The molecule has 0 aromatic carbocycles. The normalized spacial score (nSPS) is 67.5. The SMILES string of the molecule is O=C(O)C(C(=O)O)[C@@]12O[C@@H]3[C@@H]4[C@@H]5[C@@H]6C[C@@H]([C@H]5[C@@H]41)[C@H]2[C@@H]63. The third-order valence-corrected chi connectivity index (χ3v) is 7.71. The lowest BCUT2D eigenvalue weighted by atomic mass is 9.55. The summed E-state index contributed by atoms with van der Waals surface area (Å²) in [6.45, 7) is 0. The molecule has 2 N–H and O–H groups in total. The molecule has 100 valence electrons. The molecule has 10 atom stereocenters. The zero-order valence-corrected chi connectivity index (χ0v) is 10.1. The summed E-state index contributed by atoms with van der Waals surface area (Å²) in [5, 5.41) is 18.8. The van der Waals surface area contributed by atoms with Gasteiger partial charge >= 0.3 is 11.9 Å². The number of ether oxygens (including phenoxy) is 1. The molecule has 5 heteroatoms. The van der Waals surface area contributed by atoms with E-state index >= 15 is 0 Å². The molecule has 2 aliphatic heterocycles. The molecule has 2 saturated heterocycles. The molecule has 0 aromatic rings. The Balaban J connectivity index is 1.60. The highest BCUT2D eigenvalue weighted by Gasteiger charge is 2.94. The van der Waals surface area contributed by atoms with Gasteiger partial charge in [0.2, 0.25) is 0 Å². The fraction of sp³-hybridized carbons (Fsp3) is 0.857. The van der Waals surface area contributed by atoms with Crippen molar-refractivity contribution in [1.82, 2.24) is 0 Å². The highest BCUT2D eigenvalue weighted by atomic mass is 16.5. The number of hydrogen-bond donors (Lipinski definition) is 2. The van der Waals surface area contributed by atoms with Crippen LogP contribution in [0, 0.1) is 53.3 Å². The van der Waals surface area contributed by atoms with Gasteiger partial charge in [-0.05, 0) is 53.8 Å². The van der Waals surface area contributed by atoms with Crippen molar-refractivity contribution in [1.29, 1.82) is 0 Å². The van der Waals surface area contributed by atoms with Crippen molar-refractivity contribution in [2.75, 3.05) is 0 Å². The van der Waals surface area contributed by atoms with E-state index in [1.807, 2.05) is 0 Å². The lowest BCUT2D eigenvalue weighted by molar-refractivity contribution is -0.173. The van der Waals surface area contributed by atoms with Crippen LogP contribution in [0.2, 0.25) is 0 Å². The number of carboxylic acids is 2. The summed E-state index contributed by atoms with van der Waals surface area (Å²) in [7, 11) is 0. The number of carbonyl (C=O) groups is 2. The van der Waals surface area contributed by atoms with Crippen molar-refractivity contribution in [3.63, 3.8) is 0 Å². The summed E-state index contributed by atoms with van der Waals surface area (Å²) in [6.07, 6.45) is 1.40. The maximum Gasteiger partial charge on any atom is 0.320 e. The summed E-state index contributed by atoms with van der Waals surface area (Å²) < 4.78 is 6.18. The molecule has 5 saturated carbocycles. The second-order valence-corrected chi connectivity index (χ2v) is 7.47. The third kappa shape index (κ3) is 0.618. The molecule has 0 radical (unpaired) electrons. The topological polar surface area (TPSA) is 83.8 Å². The van der Waals surface area contributed by atoms with E-state index in [4.69, 9.17) is 4.74 Å². The van der Waals surface area contributed by atoms with Crippen LogP contribution in [0.3, 0.4) is 0 Å². The van der Waals surface area contributed by atoms with Gasteiger partial charge in [-0.15, -0.1) is 0 Å². The van der Waals surface area contributed by atoms with Crippen LogP contribution in [0.1, 0.15) is 6.42 Å². The van der Waals surface area contributed by atoms with Gasteiger partial charge in [0.25, 0.3) is 0 Å². The van der Waals surface area contributed by atoms with Gasteiger partial charge in [-0.2, -0.15) is 0 Å². The zero-order valence-electron chi connectivity index (χ0n) is 10.1. The van der Waals surface area contributed by atoms with E-state index in [0.29, 0.717) is 23.7 Å². The van der Waals surface area contributed by atoms with Crippen molar-refractivity contribution in [3.8, 4) is 0 Å². The van der Waals surface area contributed by atoms with E-state index in [1.165, 1.54) is 6.42 Å². The van der Waals surface area contributed by atoms with Crippen LogP contribution in [-0.4, -0.2) is 33.9 Å². The zero-order chi connectivity index (χ0) is 12.8. The van der Waals surface area contributed by atoms with E-state index < -0.39 is 23.5 Å². The van der Waals surface area contributed by atoms with E-state index in [0.717, 1.165) is 11.8 Å². The standard InChI is InChI=1S/C14H14O5/c15-12(16)10(13(17)18)14-8-3-1-2-4-5(3)9(14)7(4)11(19-14)6(2)8/h2-11H,1H2,(H,15,16)(H,17,18)/t2-,3-,4+,5+,6+,7+,8-,9-,11-,14-/m0/s1. The summed E-state index contributed by atoms with van der Waals surface area (Å²) in [5.74, 6) is 0.281. The van der Waals surface area contributed by atoms with Crippen molar-refractivity contribution in [2.45, 2.75) is 18.1 Å². The molecule has 0 unspecified atom stereocenters. The minimum Gasteiger partial charge on any atom is -0.481 e. The maximum atomic E-state index is 11.5. The Hall–Kier alpha value is -1.10. The summed E-state index contributed by atoms with van der Waals surface area (Å²) in [4.78, 5) is 23.1. The van der Waals surface area contributed by atoms with Crippen LogP contribution >= 0.6 is 0 Å². The molecular weight excluding hydrogens is 248 g/mol. The lowest BCUT2D eigenvalue weighted by Crippen LogP contribution is -2.56. The summed E-state index contributed by atoms with van der Waals surface area (Å²) in [6, 6.07) is 0. The van der Waals surface area contributed by atoms with Gasteiger partial charge in [-0.1, -0.05) is 0 Å². The summed E-state index contributed by atoms with van der Waals surface area (Å²) >= 11 is 0. The highest BCUT2D eigenvalue weighted by molar-refractivity contribution is 5.95. The fourth-order valence-corrected chi connectivity index (χ4v) is 8.03. The molecule has 0 spiro atoms. The molecule has 7 aliphatic rings. The highest BCUT2D eigenvalue weighted by Crippen LogP contribution is 2.91. The third-order valence-electron chi connectivity index (χ3n) is 7.71. The maximum absolute atomic E-state index is 11.5. The molecule has 5 nitrogen and oxygen atoms in total. The van der Waals surface area contributed by atoms with E-state index in [2.05, 4.69) is 0 Å². The molecule has 19 heavy (non-hydrogen) atoms. The lowest BCUT2D eigenvalue weighted by Gasteiger charge is -2.46. The van der Waals surface area contributed by atoms with Crippen molar-refractivity contribution in [3.05, 3.63) is 0 Å². The van der Waals surface area contributed by atoms with Crippen molar-refractivity contribution >= 4 is 11.9 Å². The van der Waals surface area contributed by atoms with Crippen LogP contribution in [0.5, 0.6) is 0 Å². The van der Waals surface area contributed by atoms with E-state index in [1.54, 1.807) is 0 Å². The van der Waals surface area contributed by atoms with Crippen LogP contribution < -0.4 is 0 Å². The van der Waals surface area contributed by atoms with Gasteiger partial charge < -0.3 is 14.9 Å². The Morgan fingerprint density at radius 2 is 1.74 bits per heavy atom. The average molecular weight is 262 g/mol. The van der Waals surface area contributed by atoms with Crippen molar-refractivity contribution in [2.24, 2.45) is 53.3 Å². The fourth-order valence-electron chi connectivity index (χ4n) is 8.03. The first-order valence-electron chi connectivity index (χ1n) is 7.22. The van der Waals surface area contributed by atoms with Gasteiger partial charge in [0.1, 0.15) is 0 Å². The molecule has 7 fully saturated rings. The largest absolute Gasteiger partial charge is 0.481 e. The Bertz CT molecular complexity index is 548. The monoisotopic (exact) mass is 262 g/mol. The van der Waals surface area contributed by atoms with E-state index in [-0.39, 0.29) is 17.9 Å². The molecule has 2 heterocycles. The Kier molecular flexibility index (Phi) is 1.19. The van der Waals surface area contributed by atoms with Gasteiger partial charge in [0.05, 0.1) is 11.7 Å². The van der Waals surface area contributed by atoms with Crippen LogP contribution in [0.15, 0.2) is 0 Å². The molecule has 5 aliphatic carbocycles. The van der Waals surface area contributed by atoms with Gasteiger partial charge in [-0.25, -0.2) is 0 Å². The smallest absolute Gasteiger partial charge is 0.320 e. The number of hydrogen-bond acceptors (Lipinski definition) is 3. The number of rotatable bonds is 3. The second-order valence-electron chi connectivity index (χ2n) is 7.47. The molecule has 0 amide bonds. The Morgan fingerprint density at radius 3 is 2.42 bits per heavy atom. The second kappa shape index (κ2) is 2.32. The molecular formula is C14H14O5. The summed E-state index contributed by atoms with van der Waals surface area (Å²) in [5.41, 5.74) is -0.852. The van der Waals surface area contributed by atoms with Crippen LogP contribution in [0.4, 0.5) is 0 Å². The van der Waals surface area contributed by atoms with E-state index in [9.17, 15) is 19.8 Å². The Labute approximate surface area is 108 Å². The van der Waals surface area contributed by atoms with Gasteiger partial charge in [-0.3, -0.25) is 9.59 Å². The number of carboxylic acid groups (broad SMARTS) is 2. The minimum absolute atomic E-state index is 0.190. The van der Waals surface area contributed by atoms with Crippen LogP contribution in [0.25, 0.3) is 0 Å². The average Bonchev–Trinajstić information content (AvgIpc) is 2.87. The minimum atomic E-state index is -1.36. The molecule has 4 bridgehead atoms. The quantitative estimate of drug-likeness (QED) is 0.714. The van der Waals surface area contributed by atoms with Crippen LogP contribution in [-0.2, 0) is 14.3 Å². The van der Waals surface area contributed by atoms with Gasteiger partial charge in [0.15, 0.2) is 5.92 Å².